The highest BCUT2D eigenvalue weighted by atomic mass is 16.5. The topological polar surface area (TPSA) is 44.7 Å². The average Bonchev–Trinajstić information content (AvgIpc) is 2.86. The lowest BCUT2D eigenvalue weighted by molar-refractivity contribution is -0.00219. The monoisotopic (exact) mass is 270 g/mol. The van der Waals surface area contributed by atoms with Crippen LogP contribution in [0.15, 0.2) is 0 Å². The van der Waals surface area contributed by atoms with Gasteiger partial charge in [0.1, 0.15) is 0 Å². The molecule has 0 bridgehead atoms. The molecule has 2 heterocycles. The van der Waals surface area contributed by atoms with E-state index in [4.69, 9.17) is 4.74 Å². The fraction of sp³-hybridized carbons (Fsp3) is 1.00. The lowest BCUT2D eigenvalue weighted by atomic mass is 9.79. The number of ether oxygens (including phenoxy) is 1. The minimum Gasteiger partial charge on any atom is -0.393 e. The van der Waals surface area contributed by atoms with Crippen LogP contribution >= 0.6 is 0 Å². The minimum atomic E-state index is -0.163. The SMILES string of the molecule is CCNCC1(CN2CCC(C(C)O)C2)CCOCC1. The summed E-state index contributed by atoms with van der Waals surface area (Å²) in [6.07, 6.45) is 3.31. The van der Waals surface area contributed by atoms with Crippen LogP contribution in [0.25, 0.3) is 0 Å². The molecule has 0 aromatic rings. The first-order valence-electron chi connectivity index (χ1n) is 7.84. The van der Waals surface area contributed by atoms with Crippen LogP contribution in [0.3, 0.4) is 0 Å². The molecular formula is C15H30N2O2. The van der Waals surface area contributed by atoms with Crippen LogP contribution in [0.4, 0.5) is 0 Å². The number of nitrogens with one attached hydrogen (secondary N) is 1. The Morgan fingerprint density at radius 1 is 1.42 bits per heavy atom. The Hall–Kier alpha value is -0.160. The molecule has 2 atom stereocenters. The van der Waals surface area contributed by atoms with Gasteiger partial charge in [-0.1, -0.05) is 6.92 Å². The molecule has 2 saturated heterocycles. The van der Waals surface area contributed by atoms with Crippen LogP contribution in [0, 0.1) is 11.3 Å². The third-order valence-electron chi connectivity index (χ3n) is 4.85. The Bertz CT molecular complexity index is 265. The van der Waals surface area contributed by atoms with E-state index in [0.29, 0.717) is 11.3 Å². The van der Waals surface area contributed by atoms with Crippen molar-refractivity contribution in [1.82, 2.24) is 10.2 Å². The van der Waals surface area contributed by atoms with Gasteiger partial charge in [0.2, 0.25) is 0 Å². The van der Waals surface area contributed by atoms with Gasteiger partial charge in [0.15, 0.2) is 0 Å². The molecule has 0 aromatic carbocycles. The summed E-state index contributed by atoms with van der Waals surface area (Å²) in [6, 6.07) is 0. The van der Waals surface area contributed by atoms with Crippen molar-refractivity contribution < 1.29 is 9.84 Å². The molecule has 2 aliphatic heterocycles. The van der Waals surface area contributed by atoms with Gasteiger partial charge in [0.25, 0.3) is 0 Å². The number of rotatable bonds is 6. The summed E-state index contributed by atoms with van der Waals surface area (Å²) in [4.78, 5) is 2.56. The van der Waals surface area contributed by atoms with Crippen molar-refractivity contribution in [2.24, 2.45) is 11.3 Å². The molecule has 0 aliphatic carbocycles. The second-order valence-electron chi connectivity index (χ2n) is 6.42. The van der Waals surface area contributed by atoms with E-state index in [-0.39, 0.29) is 6.10 Å². The maximum Gasteiger partial charge on any atom is 0.0552 e. The summed E-state index contributed by atoms with van der Waals surface area (Å²) in [7, 11) is 0. The maximum atomic E-state index is 9.72. The summed E-state index contributed by atoms with van der Waals surface area (Å²) >= 11 is 0. The van der Waals surface area contributed by atoms with Crippen LogP contribution in [0.1, 0.15) is 33.1 Å². The predicted octanol–water partition coefficient (Wildman–Crippen LogP) is 1.10. The quantitative estimate of drug-likeness (QED) is 0.758. The predicted molar refractivity (Wildman–Crippen MR) is 77.3 cm³/mol. The smallest absolute Gasteiger partial charge is 0.0552 e. The third-order valence-corrected chi connectivity index (χ3v) is 4.85. The molecule has 4 nitrogen and oxygen atoms in total. The van der Waals surface area contributed by atoms with E-state index in [9.17, 15) is 5.11 Å². The number of likely N-dealkylation sites (tertiary alicyclic amines) is 1. The van der Waals surface area contributed by atoms with Gasteiger partial charge in [-0.15, -0.1) is 0 Å². The van der Waals surface area contributed by atoms with Gasteiger partial charge in [-0.3, -0.25) is 0 Å². The number of aliphatic hydroxyl groups excluding tert-OH is 1. The van der Waals surface area contributed by atoms with Crippen molar-refractivity contribution in [2.45, 2.75) is 39.2 Å². The molecule has 0 aromatic heterocycles. The molecule has 2 fully saturated rings. The molecule has 0 saturated carbocycles. The van der Waals surface area contributed by atoms with E-state index in [2.05, 4.69) is 17.1 Å². The Morgan fingerprint density at radius 2 is 2.16 bits per heavy atom. The zero-order valence-corrected chi connectivity index (χ0v) is 12.5. The van der Waals surface area contributed by atoms with Gasteiger partial charge in [-0.25, -0.2) is 0 Å². The minimum absolute atomic E-state index is 0.163. The van der Waals surface area contributed by atoms with Crippen molar-refractivity contribution in [3.8, 4) is 0 Å². The molecule has 2 N–H and O–H groups in total. The van der Waals surface area contributed by atoms with Gasteiger partial charge in [0.05, 0.1) is 6.10 Å². The second kappa shape index (κ2) is 7.02. The molecule has 0 amide bonds. The van der Waals surface area contributed by atoms with Gasteiger partial charge >= 0.3 is 0 Å². The van der Waals surface area contributed by atoms with Crippen molar-refractivity contribution in [1.29, 1.82) is 0 Å². The van der Waals surface area contributed by atoms with Crippen molar-refractivity contribution in [2.75, 3.05) is 45.9 Å². The zero-order valence-electron chi connectivity index (χ0n) is 12.5. The molecule has 112 valence electrons. The summed E-state index contributed by atoms with van der Waals surface area (Å²) in [5, 5.41) is 13.3. The van der Waals surface area contributed by atoms with Gasteiger partial charge in [0, 0.05) is 32.8 Å². The first-order chi connectivity index (χ1) is 9.15. The molecular weight excluding hydrogens is 240 g/mol. The standard InChI is InChI=1S/C15H30N2O2/c1-3-16-11-15(5-8-19-9-6-15)12-17-7-4-14(10-17)13(2)18/h13-14,16,18H,3-12H2,1-2H3. The highest BCUT2D eigenvalue weighted by molar-refractivity contribution is 4.90. The summed E-state index contributed by atoms with van der Waals surface area (Å²) < 4.78 is 5.54. The van der Waals surface area contributed by atoms with E-state index in [1.165, 1.54) is 0 Å². The Morgan fingerprint density at radius 3 is 2.74 bits per heavy atom. The number of nitrogens with zero attached hydrogens (tertiary/aromatic N) is 1. The number of hydrogen-bond donors (Lipinski definition) is 2. The third kappa shape index (κ3) is 4.15. The largest absolute Gasteiger partial charge is 0.393 e. The Kier molecular flexibility index (Phi) is 5.63. The van der Waals surface area contributed by atoms with Gasteiger partial charge < -0.3 is 20.1 Å². The van der Waals surface area contributed by atoms with Crippen LogP contribution in [-0.4, -0.2) is 62.0 Å². The number of hydrogen-bond acceptors (Lipinski definition) is 4. The number of aliphatic hydroxyl groups is 1. The van der Waals surface area contributed by atoms with Gasteiger partial charge in [-0.2, -0.15) is 0 Å². The first kappa shape index (κ1) is 15.2. The molecule has 2 aliphatic rings. The summed E-state index contributed by atoms with van der Waals surface area (Å²) in [6.45, 7) is 11.4. The summed E-state index contributed by atoms with van der Waals surface area (Å²) in [5.74, 6) is 0.469. The van der Waals surface area contributed by atoms with E-state index in [0.717, 1.165) is 65.2 Å². The van der Waals surface area contributed by atoms with Crippen LogP contribution in [0.5, 0.6) is 0 Å². The van der Waals surface area contributed by atoms with Crippen molar-refractivity contribution in [3.63, 3.8) is 0 Å². The highest BCUT2D eigenvalue weighted by Gasteiger charge is 2.36. The molecule has 4 heteroatoms. The zero-order chi connectivity index (χ0) is 13.7. The molecule has 0 spiro atoms. The van der Waals surface area contributed by atoms with Crippen molar-refractivity contribution in [3.05, 3.63) is 0 Å². The Balaban J connectivity index is 1.89. The lowest BCUT2D eigenvalue weighted by Gasteiger charge is -2.40. The van der Waals surface area contributed by atoms with E-state index >= 15 is 0 Å². The molecule has 2 rings (SSSR count). The second-order valence-corrected chi connectivity index (χ2v) is 6.42. The Labute approximate surface area is 117 Å². The fourth-order valence-electron chi connectivity index (χ4n) is 3.46. The first-order valence-corrected chi connectivity index (χ1v) is 7.84. The van der Waals surface area contributed by atoms with E-state index < -0.39 is 0 Å². The van der Waals surface area contributed by atoms with Crippen LogP contribution in [0.2, 0.25) is 0 Å². The van der Waals surface area contributed by atoms with Crippen molar-refractivity contribution >= 4 is 0 Å². The normalized spacial score (nSPS) is 29.5. The molecule has 0 radical (unpaired) electrons. The van der Waals surface area contributed by atoms with Gasteiger partial charge in [-0.05, 0) is 50.6 Å². The molecule has 19 heavy (non-hydrogen) atoms. The maximum absolute atomic E-state index is 9.72. The van der Waals surface area contributed by atoms with E-state index in [1.807, 2.05) is 6.92 Å². The van der Waals surface area contributed by atoms with Crippen LogP contribution in [-0.2, 0) is 4.74 Å². The molecule has 2 unspecified atom stereocenters. The summed E-state index contributed by atoms with van der Waals surface area (Å²) in [5.41, 5.74) is 0.377. The van der Waals surface area contributed by atoms with Crippen LogP contribution < -0.4 is 5.32 Å². The average molecular weight is 270 g/mol. The lowest BCUT2D eigenvalue weighted by Crippen LogP contribution is -2.47. The highest BCUT2D eigenvalue weighted by Crippen LogP contribution is 2.33. The van der Waals surface area contributed by atoms with E-state index in [1.54, 1.807) is 0 Å². The fourth-order valence-corrected chi connectivity index (χ4v) is 3.46.